The molecule has 0 bridgehead atoms. The quantitative estimate of drug-likeness (QED) is 0.539. The van der Waals surface area contributed by atoms with Crippen molar-refractivity contribution in [2.45, 2.75) is 26.2 Å². The highest BCUT2D eigenvalue weighted by Gasteiger charge is 2.26. The molecule has 0 radical (unpaired) electrons. The molecular formula is C14H19BF2N2O4. The molecular weight excluding hydrogens is 309 g/mol. The highest BCUT2D eigenvalue weighted by molar-refractivity contribution is 6.43. The van der Waals surface area contributed by atoms with Crippen molar-refractivity contribution in [1.82, 2.24) is 10.6 Å². The summed E-state index contributed by atoms with van der Waals surface area (Å²) in [6, 6.07) is 2.31. The van der Waals surface area contributed by atoms with Crippen LogP contribution in [-0.4, -0.2) is 41.5 Å². The molecule has 0 aliphatic carbocycles. The average molecular weight is 328 g/mol. The molecule has 1 aromatic carbocycles. The Bertz CT molecular complexity index is 549. The summed E-state index contributed by atoms with van der Waals surface area (Å²) in [6.07, 6.45) is 0.340. The number of benzene rings is 1. The van der Waals surface area contributed by atoms with Crippen LogP contribution in [0.5, 0.6) is 0 Å². The van der Waals surface area contributed by atoms with Gasteiger partial charge in [0.05, 0.1) is 12.5 Å². The van der Waals surface area contributed by atoms with E-state index in [4.69, 9.17) is 0 Å². The molecule has 9 heteroatoms. The molecule has 23 heavy (non-hydrogen) atoms. The predicted octanol–water partition coefficient (Wildman–Crippen LogP) is 0.237. The van der Waals surface area contributed by atoms with E-state index in [2.05, 4.69) is 10.6 Å². The van der Waals surface area contributed by atoms with Gasteiger partial charge in [0, 0.05) is 11.6 Å². The Morgan fingerprint density at radius 2 is 1.74 bits per heavy atom. The van der Waals surface area contributed by atoms with Gasteiger partial charge in [-0.15, -0.1) is 0 Å². The van der Waals surface area contributed by atoms with Crippen molar-refractivity contribution in [3.05, 3.63) is 35.4 Å². The third-order valence-corrected chi connectivity index (χ3v) is 2.97. The van der Waals surface area contributed by atoms with Crippen molar-refractivity contribution in [1.29, 1.82) is 0 Å². The summed E-state index contributed by atoms with van der Waals surface area (Å²) in [6.45, 7) is 3.24. The lowest BCUT2D eigenvalue weighted by Gasteiger charge is -2.19. The Hall–Kier alpha value is -2.00. The van der Waals surface area contributed by atoms with Gasteiger partial charge in [-0.05, 0) is 24.5 Å². The number of halogens is 2. The van der Waals surface area contributed by atoms with E-state index in [1.807, 2.05) is 13.8 Å². The summed E-state index contributed by atoms with van der Waals surface area (Å²) >= 11 is 0. The van der Waals surface area contributed by atoms with Crippen LogP contribution in [0.3, 0.4) is 0 Å². The molecule has 2 amide bonds. The zero-order chi connectivity index (χ0) is 17.6. The van der Waals surface area contributed by atoms with E-state index in [0.717, 1.165) is 12.1 Å². The van der Waals surface area contributed by atoms with E-state index in [-0.39, 0.29) is 11.5 Å². The van der Waals surface area contributed by atoms with Crippen molar-refractivity contribution in [3.63, 3.8) is 0 Å². The fraction of sp³-hybridized carbons (Fsp3) is 0.429. The number of nitrogens with one attached hydrogen (secondary N) is 2. The second kappa shape index (κ2) is 8.59. The molecule has 0 heterocycles. The van der Waals surface area contributed by atoms with Crippen LogP contribution in [0.25, 0.3) is 0 Å². The summed E-state index contributed by atoms with van der Waals surface area (Å²) in [5.41, 5.74) is -0.253. The van der Waals surface area contributed by atoms with Crippen LogP contribution < -0.4 is 10.6 Å². The number of hydrogen-bond donors (Lipinski definition) is 4. The summed E-state index contributed by atoms with van der Waals surface area (Å²) in [4.78, 5) is 23.4. The smallest absolute Gasteiger partial charge is 0.426 e. The van der Waals surface area contributed by atoms with Crippen molar-refractivity contribution >= 4 is 18.9 Å². The monoisotopic (exact) mass is 328 g/mol. The average Bonchev–Trinajstić information content (AvgIpc) is 2.42. The van der Waals surface area contributed by atoms with Gasteiger partial charge in [-0.1, -0.05) is 13.8 Å². The molecule has 1 aromatic rings. The van der Waals surface area contributed by atoms with E-state index >= 15 is 0 Å². The van der Waals surface area contributed by atoms with E-state index < -0.39 is 43.1 Å². The van der Waals surface area contributed by atoms with Crippen LogP contribution in [0.2, 0.25) is 0 Å². The first-order valence-corrected chi connectivity index (χ1v) is 7.08. The maximum absolute atomic E-state index is 13.0. The van der Waals surface area contributed by atoms with Crippen molar-refractivity contribution in [2.24, 2.45) is 5.92 Å². The van der Waals surface area contributed by atoms with Crippen LogP contribution >= 0.6 is 0 Å². The Kier molecular flexibility index (Phi) is 7.11. The fourth-order valence-corrected chi connectivity index (χ4v) is 1.97. The normalized spacial score (nSPS) is 12.0. The Labute approximate surface area is 133 Å². The van der Waals surface area contributed by atoms with Crippen LogP contribution in [0.4, 0.5) is 8.78 Å². The fourth-order valence-electron chi connectivity index (χ4n) is 1.97. The Morgan fingerprint density at radius 1 is 1.17 bits per heavy atom. The van der Waals surface area contributed by atoms with Gasteiger partial charge in [0.2, 0.25) is 5.91 Å². The maximum atomic E-state index is 13.0. The highest BCUT2D eigenvalue weighted by atomic mass is 19.1. The van der Waals surface area contributed by atoms with Gasteiger partial charge in [-0.2, -0.15) is 0 Å². The Morgan fingerprint density at radius 3 is 2.22 bits per heavy atom. The molecule has 0 aromatic heterocycles. The van der Waals surface area contributed by atoms with Gasteiger partial charge in [0.25, 0.3) is 5.91 Å². The van der Waals surface area contributed by atoms with Crippen LogP contribution in [0, 0.1) is 17.6 Å². The first-order chi connectivity index (χ1) is 10.7. The number of rotatable bonds is 7. The SMILES string of the molecule is CC(C)C[C@H](NC(=O)CNC(=O)c1cc(F)cc(F)c1)B(O)O. The predicted molar refractivity (Wildman–Crippen MR) is 80.3 cm³/mol. The number of amides is 2. The molecule has 0 saturated carbocycles. The summed E-state index contributed by atoms with van der Waals surface area (Å²) in [5, 5.41) is 23.0. The molecule has 0 aliphatic rings. The van der Waals surface area contributed by atoms with E-state index in [1.54, 1.807) is 0 Å². The highest BCUT2D eigenvalue weighted by Crippen LogP contribution is 2.08. The standard InChI is InChI=1S/C14H19BF2N2O4/c1-8(2)3-12(15(22)23)19-13(20)7-18-14(21)9-4-10(16)6-11(17)5-9/h4-6,8,12,22-23H,3,7H2,1-2H3,(H,18,21)(H,19,20)/t12-/m0/s1. The number of carbonyl (C=O) groups excluding carboxylic acids is 2. The molecule has 4 N–H and O–H groups in total. The topological polar surface area (TPSA) is 98.7 Å². The Balaban J connectivity index is 2.56. The van der Waals surface area contributed by atoms with Gasteiger partial charge < -0.3 is 20.7 Å². The minimum atomic E-state index is -1.73. The summed E-state index contributed by atoms with van der Waals surface area (Å²) in [7, 11) is -1.73. The lowest BCUT2D eigenvalue weighted by molar-refractivity contribution is -0.120. The second-order valence-corrected chi connectivity index (χ2v) is 5.56. The van der Waals surface area contributed by atoms with Crippen molar-refractivity contribution in [2.75, 3.05) is 6.54 Å². The molecule has 1 atom stereocenters. The van der Waals surface area contributed by atoms with Gasteiger partial charge in [-0.25, -0.2) is 8.78 Å². The van der Waals surface area contributed by atoms with Gasteiger partial charge in [0.1, 0.15) is 11.6 Å². The van der Waals surface area contributed by atoms with Gasteiger partial charge in [0.15, 0.2) is 0 Å². The number of carbonyl (C=O) groups is 2. The minimum Gasteiger partial charge on any atom is -0.426 e. The van der Waals surface area contributed by atoms with E-state index in [1.165, 1.54) is 0 Å². The number of hydrogen-bond acceptors (Lipinski definition) is 4. The van der Waals surface area contributed by atoms with Crippen molar-refractivity contribution in [3.8, 4) is 0 Å². The second-order valence-electron chi connectivity index (χ2n) is 5.56. The van der Waals surface area contributed by atoms with Gasteiger partial charge >= 0.3 is 7.12 Å². The lowest BCUT2D eigenvalue weighted by Crippen LogP contribution is -2.50. The summed E-state index contributed by atoms with van der Waals surface area (Å²) < 4.78 is 26.0. The first-order valence-electron chi connectivity index (χ1n) is 7.08. The first kappa shape index (κ1) is 19.1. The molecule has 126 valence electrons. The lowest BCUT2D eigenvalue weighted by atomic mass is 9.75. The van der Waals surface area contributed by atoms with Crippen molar-refractivity contribution < 1.29 is 28.4 Å². The third-order valence-electron chi connectivity index (χ3n) is 2.97. The zero-order valence-electron chi connectivity index (χ0n) is 12.8. The van der Waals surface area contributed by atoms with E-state index in [9.17, 15) is 28.4 Å². The molecule has 1 rings (SSSR count). The largest absolute Gasteiger partial charge is 0.475 e. The molecule has 0 saturated heterocycles. The van der Waals surface area contributed by atoms with Crippen LogP contribution in [-0.2, 0) is 4.79 Å². The molecule has 6 nitrogen and oxygen atoms in total. The minimum absolute atomic E-state index is 0.118. The molecule has 0 unspecified atom stereocenters. The molecule has 0 fully saturated rings. The zero-order valence-corrected chi connectivity index (χ0v) is 12.8. The van der Waals surface area contributed by atoms with Crippen LogP contribution in [0.15, 0.2) is 18.2 Å². The van der Waals surface area contributed by atoms with E-state index in [0.29, 0.717) is 12.5 Å². The third kappa shape index (κ3) is 6.75. The summed E-state index contributed by atoms with van der Waals surface area (Å²) in [5.74, 6) is -4.02. The maximum Gasteiger partial charge on any atom is 0.475 e. The van der Waals surface area contributed by atoms with Gasteiger partial charge in [-0.3, -0.25) is 9.59 Å². The van der Waals surface area contributed by atoms with Crippen LogP contribution in [0.1, 0.15) is 30.6 Å². The molecule has 0 spiro atoms. The molecule has 0 aliphatic heterocycles.